The second kappa shape index (κ2) is 5.28. The summed E-state index contributed by atoms with van der Waals surface area (Å²) in [6, 6.07) is 10.5. The third kappa shape index (κ3) is 2.58. The number of nitrogens with two attached hydrogens (primary N) is 1. The van der Waals surface area contributed by atoms with E-state index in [-0.39, 0.29) is 23.7 Å². The van der Waals surface area contributed by atoms with Crippen molar-refractivity contribution in [2.24, 2.45) is 0 Å². The van der Waals surface area contributed by atoms with Crippen molar-refractivity contribution >= 4 is 5.69 Å². The minimum Gasteiger partial charge on any atom is -0.399 e. The van der Waals surface area contributed by atoms with Crippen LogP contribution in [0, 0.1) is 11.6 Å². The van der Waals surface area contributed by atoms with Gasteiger partial charge in [-0.1, -0.05) is 18.2 Å². The maximum Gasteiger partial charge on any atom is 0.185 e. The molecule has 3 aromatic rings. The van der Waals surface area contributed by atoms with Crippen molar-refractivity contribution in [3.05, 3.63) is 59.7 Å². The fourth-order valence-corrected chi connectivity index (χ4v) is 2.00. The highest BCUT2D eigenvalue weighted by atomic mass is 19.1. The van der Waals surface area contributed by atoms with Crippen LogP contribution in [0.15, 0.2) is 42.5 Å². The maximum absolute atomic E-state index is 13.9. The molecular formula is C14H11F2N5. The third-order valence-electron chi connectivity index (χ3n) is 3.04. The largest absolute Gasteiger partial charge is 0.399 e. The Morgan fingerprint density at radius 2 is 1.86 bits per heavy atom. The van der Waals surface area contributed by atoms with Crippen LogP contribution in [-0.2, 0) is 6.54 Å². The summed E-state index contributed by atoms with van der Waals surface area (Å²) >= 11 is 0. The minimum atomic E-state index is -0.528. The number of tetrazole rings is 1. The Morgan fingerprint density at radius 3 is 2.62 bits per heavy atom. The zero-order valence-electron chi connectivity index (χ0n) is 10.9. The van der Waals surface area contributed by atoms with Crippen LogP contribution in [-0.4, -0.2) is 20.2 Å². The first-order chi connectivity index (χ1) is 10.1. The third-order valence-corrected chi connectivity index (χ3v) is 3.04. The molecule has 0 amide bonds. The highest BCUT2D eigenvalue weighted by molar-refractivity contribution is 5.59. The number of anilines is 1. The van der Waals surface area contributed by atoms with Crippen LogP contribution >= 0.6 is 0 Å². The number of rotatable bonds is 3. The van der Waals surface area contributed by atoms with Gasteiger partial charge in [0.15, 0.2) is 5.82 Å². The predicted octanol–water partition coefficient (Wildman–Crippen LogP) is 2.25. The van der Waals surface area contributed by atoms with Crippen molar-refractivity contribution < 1.29 is 8.78 Å². The Balaban J connectivity index is 2.00. The standard InChI is InChI=1S/C14H11F2N5/c15-12-4-2-1-3-9(12)8-21-14(18-19-20-21)11-6-5-10(17)7-13(11)16/h1-7H,8,17H2. The molecule has 106 valence electrons. The van der Waals surface area contributed by atoms with E-state index >= 15 is 0 Å². The molecule has 7 heteroatoms. The second-order valence-electron chi connectivity index (χ2n) is 4.49. The van der Waals surface area contributed by atoms with Gasteiger partial charge in [0.05, 0.1) is 12.1 Å². The van der Waals surface area contributed by atoms with Gasteiger partial charge in [0.2, 0.25) is 0 Å². The summed E-state index contributed by atoms with van der Waals surface area (Å²) in [6.07, 6.45) is 0. The van der Waals surface area contributed by atoms with Gasteiger partial charge >= 0.3 is 0 Å². The lowest BCUT2D eigenvalue weighted by Gasteiger charge is -2.07. The SMILES string of the molecule is Nc1ccc(-c2nnnn2Cc2ccccc2F)c(F)c1. The molecule has 21 heavy (non-hydrogen) atoms. The quantitative estimate of drug-likeness (QED) is 0.750. The van der Waals surface area contributed by atoms with Crippen LogP contribution in [0.2, 0.25) is 0 Å². The molecule has 1 heterocycles. The lowest BCUT2D eigenvalue weighted by molar-refractivity contribution is 0.577. The molecule has 0 unspecified atom stereocenters. The first-order valence-electron chi connectivity index (χ1n) is 6.20. The number of nitrogen functional groups attached to an aromatic ring is 1. The molecule has 0 radical (unpaired) electrons. The first-order valence-corrected chi connectivity index (χ1v) is 6.20. The number of benzene rings is 2. The van der Waals surface area contributed by atoms with Gasteiger partial charge in [-0.15, -0.1) is 5.10 Å². The molecule has 5 nitrogen and oxygen atoms in total. The normalized spacial score (nSPS) is 10.8. The van der Waals surface area contributed by atoms with Crippen LogP contribution < -0.4 is 5.73 Å². The molecule has 2 aromatic carbocycles. The number of hydrogen-bond acceptors (Lipinski definition) is 4. The molecule has 3 rings (SSSR count). The van der Waals surface area contributed by atoms with Crippen molar-refractivity contribution in [1.29, 1.82) is 0 Å². The average molecular weight is 287 g/mol. The van der Waals surface area contributed by atoms with E-state index in [1.54, 1.807) is 24.3 Å². The summed E-state index contributed by atoms with van der Waals surface area (Å²) in [5.74, 6) is -0.674. The molecule has 2 N–H and O–H groups in total. The molecule has 0 aliphatic carbocycles. The zero-order valence-corrected chi connectivity index (χ0v) is 10.9. The number of aromatic nitrogens is 4. The molecule has 0 saturated carbocycles. The molecule has 0 fully saturated rings. The summed E-state index contributed by atoms with van der Waals surface area (Å²) in [6.45, 7) is 0.110. The van der Waals surface area contributed by atoms with Gasteiger partial charge < -0.3 is 5.73 Å². The van der Waals surface area contributed by atoms with Crippen LogP contribution in [0.1, 0.15) is 5.56 Å². The Morgan fingerprint density at radius 1 is 1.05 bits per heavy atom. The van der Waals surface area contributed by atoms with Crippen molar-refractivity contribution in [3.8, 4) is 11.4 Å². The van der Waals surface area contributed by atoms with Gasteiger partial charge in [-0.25, -0.2) is 13.5 Å². The smallest absolute Gasteiger partial charge is 0.185 e. The molecule has 0 atom stereocenters. The Hall–Kier alpha value is -2.83. The fourth-order valence-electron chi connectivity index (χ4n) is 2.00. The van der Waals surface area contributed by atoms with E-state index in [9.17, 15) is 8.78 Å². The van der Waals surface area contributed by atoms with Gasteiger partial charge in [-0.05, 0) is 34.7 Å². The first kappa shape index (κ1) is 13.2. The van der Waals surface area contributed by atoms with Gasteiger partial charge in [-0.2, -0.15) is 0 Å². The van der Waals surface area contributed by atoms with Crippen molar-refractivity contribution in [1.82, 2.24) is 20.2 Å². The lowest BCUT2D eigenvalue weighted by Crippen LogP contribution is -2.07. The van der Waals surface area contributed by atoms with Crippen LogP contribution in [0.3, 0.4) is 0 Å². The number of nitrogens with zero attached hydrogens (tertiary/aromatic N) is 4. The summed E-state index contributed by atoms with van der Waals surface area (Å²) in [5, 5.41) is 11.1. The Bertz CT molecular complexity index is 785. The van der Waals surface area contributed by atoms with Gasteiger partial charge in [0.25, 0.3) is 0 Å². The number of halogens is 2. The molecule has 0 saturated heterocycles. The maximum atomic E-state index is 13.9. The zero-order chi connectivity index (χ0) is 14.8. The highest BCUT2D eigenvalue weighted by Gasteiger charge is 2.15. The topological polar surface area (TPSA) is 69.6 Å². The molecule has 0 aliphatic rings. The van der Waals surface area contributed by atoms with Gasteiger partial charge in [0.1, 0.15) is 11.6 Å². The van der Waals surface area contributed by atoms with Gasteiger partial charge in [0, 0.05) is 11.3 Å². The average Bonchev–Trinajstić information content (AvgIpc) is 2.89. The van der Waals surface area contributed by atoms with Crippen LogP contribution in [0.5, 0.6) is 0 Å². The van der Waals surface area contributed by atoms with E-state index in [1.165, 1.54) is 22.9 Å². The summed E-state index contributed by atoms with van der Waals surface area (Å²) in [4.78, 5) is 0. The molecular weight excluding hydrogens is 276 g/mol. The minimum absolute atomic E-state index is 0.110. The van der Waals surface area contributed by atoms with Crippen LogP contribution in [0.25, 0.3) is 11.4 Å². The Labute approximate surface area is 119 Å². The van der Waals surface area contributed by atoms with Gasteiger partial charge in [-0.3, -0.25) is 0 Å². The van der Waals surface area contributed by atoms with E-state index in [2.05, 4.69) is 15.5 Å². The van der Waals surface area contributed by atoms with Crippen molar-refractivity contribution in [2.75, 3.05) is 5.73 Å². The van der Waals surface area contributed by atoms with Crippen molar-refractivity contribution in [2.45, 2.75) is 6.54 Å². The number of hydrogen-bond donors (Lipinski definition) is 1. The summed E-state index contributed by atoms with van der Waals surface area (Å²) in [7, 11) is 0. The van der Waals surface area contributed by atoms with E-state index in [0.717, 1.165) is 0 Å². The lowest BCUT2D eigenvalue weighted by atomic mass is 10.1. The van der Waals surface area contributed by atoms with E-state index in [4.69, 9.17) is 5.73 Å². The van der Waals surface area contributed by atoms with E-state index in [1.807, 2.05) is 0 Å². The molecule has 0 spiro atoms. The summed E-state index contributed by atoms with van der Waals surface area (Å²) < 4.78 is 29.0. The predicted molar refractivity (Wildman–Crippen MR) is 73.1 cm³/mol. The van der Waals surface area contributed by atoms with E-state index < -0.39 is 5.82 Å². The highest BCUT2D eigenvalue weighted by Crippen LogP contribution is 2.22. The second-order valence-corrected chi connectivity index (χ2v) is 4.49. The monoisotopic (exact) mass is 287 g/mol. The molecule has 1 aromatic heterocycles. The Kier molecular flexibility index (Phi) is 3.31. The van der Waals surface area contributed by atoms with Crippen LogP contribution in [0.4, 0.5) is 14.5 Å². The summed E-state index contributed by atoms with van der Waals surface area (Å²) in [5.41, 5.74) is 6.46. The fraction of sp³-hybridized carbons (Fsp3) is 0.0714. The molecule has 0 aliphatic heterocycles. The molecule has 0 bridgehead atoms. The van der Waals surface area contributed by atoms with Crippen molar-refractivity contribution in [3.63, 3.8) is 0 Å². The van der Waals surface area contributed by atoms with E-state index in [0.29, 0.717) is 11.3 Å².